The monoisotopic (exact) mass is 288 g/mol. The van der Waals surface area contributed by atoms with Crippen LogP contribution in [0, 0.1) is 0 Å². The van der Waals surface area contributed by atoms with Crippen LogP contribution in [0.15, 0.2) is 24.3 Å². The minimum Gasteiger partial charge on any atom is -0.368 e. The van der Waals surface area contributed by atoms with Crippen molar-refractivity contribution in [3.63, 3.8) is 0 Å². The molecule has 1 amide bonds. The highest BCUT2D eigenvalue weighted by atomic mass is 16.5. The van der Waals surface area contributed by atoms with Crippen molar-refractivity contribution in [3.05, 3.63) is 35.4 Å². The zero-order valence-electron chi connectivity index (χ0n) is 12.4. The van der Waals surface area contributed by atoms with Gasteiger partial charge in [-0.25, -0.2) is 0 Å². The topological polar surface area (TPSA) is 50.4 Å². The number of aryl methyl sites for hydroxylation is 1. The molecule has 1 heterocycles. The van der Waals surface area contributed by atoms with Gasteiger partial charge in [0, 0.05) is 6.04 Å². The van der Waals surface area contributed by atoms with E-state index in [9.17, 15) is 4.79 Å². The maximum absolute atomic E-state index is 12.0. The Bertz CT molecular complexity index is 483. The lowest BCUT2D eigenvalue weighted by atomic mass is 9.88. The number of carbonyl (C=O) groups excluding carboxylic acids is 1. The standard InChI is InChI=1S/C17H24N2O2/c20-17(12-21-16-7-9-18-10-8-16)19-15-6-5-13-3-1-2-4-14(13)11-15/h1-4,15-16,18H,5-12H2,(H,19,20). The molecule has 1 saturated heterocycles. The highest BCUT2D eigenvalue weighted by molar-refractivity contribution is 5.77. The average Bonchev–Trinajstić information content (AvgIpc) is 2.54. The molecule has 1 aromatic rings. The number of fused-ring (bicyclic) bond motifs is 1. The molecule has 21 heavy (non-hydrogen) atoms. The first kappa shape index (κ1) is 14.5. The first-order chi connectivity index (χ1) is 10.3. The largest absolute Gasteiger partial charge is 0.368 e. The smallest absolute Gasteiger partial charge is 0.246 e. The van der Waals surface area contributed by atoms with Crippen molar-refractivity contribution in [1.29, 1.82) is 0 Å². The second-order valence-electron chi connectivity index (χ2n) is 6.04. The maximum Gasteiger partial charge on any atom is 0.246 e. The van der Waals surface area contributed by atoms with E-state index in [1.54, 1.807) is 0 Å². The Morgan fingerprint density at radius 2 is 1.95 bits per heavy atom. The van der Waals surface area contributed by atoms with Crippen LogP contribution in [-0.2, 0) is 22.4 Å². The maximum atomic E-state index is 12.0. The van der Waals surface area contributed by atoms with Gasteiger partial charge in [-0.1, -0.05) is 24.3 Å². The number of nitrogens with one attached hydrogen (secondary N) is 2. The molecular formula is C17H24N2O2. The number of benzene rings is 1. The second kappa shape index (κ2) is 7.05. The number of ether oxygens (including phenoxy) is 1. The Morgan fingerprint density at radius 1 is 1.19 bits per heavy atom. The van der Waals surface area contributed by atoms with Crippen molar-refractivity contribution in [2.24, 2.45) is 0 Å². The van der Waals surface area contributed by atoms with E-state index < -0.39 is 0 Å². The fourth-order valence-electron chi connectivity index (χ4n) is 3.25. The Kier molecular flexibility index (Phi) is 4.88. The molecule has 1 aliphatic heterocycles. The zero-order valence-corrected chi connectivity index (χ0v) is 12.4. The molecule has 4 heteroatoms. The lowest BCUT2D eigenvalue weighted by Crippen LogP contribution is -2.42. The summed E-state index contributed by atoms with van der Waals surface area (Å²) in [5, 5.41) is 6.42. The number of hydrogen-bond donors (Lipinski definition) is 2. The zero-order chi connectivity index (χ0) is 14.5. The van der Waals surface area contributed by atoms with Crippen molar-refractivity contribution >= 4 is 5.91 Å². The summed E-state index contributed by atoms with van der Waals surface area (Å²) in [5.74, 6) is 0.0258. The minimum atomic E-state index is 0.0258. The quantitative estimate of drug-likeness (QED) is 0.881. The Hall–Kier alpha value is -1.39. The summed E-state index contributed by atoms with van der Waals surface area (Å²) in [6.45, 7) is 2.18. The fraction of sp³-hybridized carbons (Fsp3) is 0.588. The van der Waals surface area contributed by atoms with Crippen molar-refractivity contribution in [3.8, 4) is 0 Å². The molecule has 114 valence electrons. The predicted octanol–water partition coefficient (Wildman–Crippen LogP) is 1.43. The number of hydrogen-bond acceptors (Lipinski definition) is 3. The van der Waals surface area contributed by atoms with E-state index in [4.69, 9.17) is 4.74 Å². The van der Waals surface area contributed by atoms with Crippen molar-refractivity contribution in [1.82, 2.24) is 10.6 Å². The molecule has 0 radical (unpaired) electrons. The van der Waals surface area contributed by atoms with Crippen LogP contribution in [0.4, 0.5) is 0 Å². The Morgan fingerprint density at radius 3 is 2.76 bits per heavy atom. The van der Waals surface area contributed by atoms with Gasteiger partial charge in [0.2, 0.25) is 5.91 Å². The summed E-state index contributed by atoms with van der Waals surface area (Å²) < 4.78 is 5.70. The van der Waals surface area contributed by atoms with E-state index >= 15 is 0 Å². The van der Waals surface area contributed by atoms with Gasteiger partial charge in [-0.2, -0.15) is 0 Å². The van der Waals surface area contributed by atoms with E-state index in [1.165, 1.54) is 11.1 Å². The molecule has 1 aliphatic carbocycles. The van der Waals surface area contributed by atoms with Gasteiger partial charge in [0.05, 0.1) is 6.10 Å². The van der Waals surface area contributed by atoms with Crippen LogP contribution in [0.5, 0.6) is 0 Å². The van der Waals surface area contributed by atoms with Gasteiger partial charge in [-0.3, -0.25) is 4.79 Å². The number of rotatable bonds is 4. The summed E-state index contributed by atoms with van der Waals surface area (Å²) in [4.78, 5) is 12.0. The van der Waals surface area contributed by atoms with E-state index in [2.05, 4.69) is 34.9 Å². The van der Waals surface area contributed by atoms with Gasteiger partial charge < -0.3 is 15.4 Å². The summed E-state index contributed by atoms with van der Waals surface area (Å²) in [6.07, 6.45) is 5.26. The molecule has 1 atom stereocenters. The third-order valence-electron chi connectivity index (χ3n) is 4.45. The van der Waals surface area contributed by atoms with E-state index in [0.717, 1.165) is 45.2 Å². The van der Waals surface area contributed by atoms with Gasteiger partial charge in [-0.05, 0) is 56.3 Å². The number of piperidine rings is 1. The molecule has 2 aliphatic rings. The molecular weight excluding hydrogens is 264 g/mol. The van der Waals surface area contributed by atoms with E-state index in [-0.39, 0.29) is 24.7 Å². The van der Waals surface area contributed by atoms with Gasteiger partial charge in [0.1, 0.15) is 6.61 Å². The highest BCUT2D eigenvalue weighted by Gasteiger charge is 2.21. The van der Waals surface area contributed by atoms with Gasteiger partial charge >= 0.3 is 0 Å². The third kappa shape index (κ3) is 4.05. The van der Waals surface area contributed by atoms with Gasteiger partial charge in [0.15, 0.2) is 0 Å². The predicted molar refractivity (Wildman–Crippen MR) is 82.2 cm³/mol. The van der Waals surface area contributed by atoms with Crippen LogP contribution in [-0.4, -0.2) is 37.7 Å². The summed E-state index contributed by atoms with van der Waals surface area (Å²) in [5.41, 5.74) is 2.79. The van der Waals surface area contributed by atoms with Crippen LogP contribution in [0.25, 0.3) is 0 Å². The lowest BCUT2D eigenvalue weighted by Gasteiger charge is -2.26. The molecule has 0 aromatic heterocycles. The first-order valence-corrected chi connectivity index (χ1v) is 8.00. The van der Waals surface area contributed by atoms with Crippen LogP contribution in [0.1, 0.15) is 30.4 Å². The van der Waals surface area contributed by atoms with Gasteiger partial charge in [0.25, 0.3) is 0 Å². The molecule has 2 N–H and O–H groups in total. The summed E-state index contributed by atoms with van der Waals surface area (Å²) >= 11 is 0. The third-order valence-corrected chi connectivity index (χ3v) is 4.45. The van der Waals surface area contributed by atoms with Crippen LogP contribution in [0.3, 0.4) is 0 Å². The minimum absolute atomic E-state index is 0.0258. The molecule has 3 rings (SSSR count). The van der Waals surface area contributed by atoms with E-state index in [1.807, 2.05) is 0 Å². The number of amides is 1. The molecule has 4 nitrogen and oxygen atoms in total. The van der Waals surface area contributed by atoms with Crippen LogP contribution >= 0.6 is 0 Å². The van der Waals surface area contributed by atoms with E-state index in [0.29, 0.717) is 0 Å². The SMILES string of the molecule is O=C(COC1CCNCC1)NC1CCc2ccccc2C1. The van der Waals surface area contributed by atoms with Crippen LogP contribution < -0.4 is 10.6 Å². The molecule has 1 fully saturated rings. The van der Waals surface area contributed by atoms with Crippen molar-refractivity contribution in [2.75, 3.05) is 19.7 Å². The highest BCUT2D eigenvalue weighted by Crippen LogP contribution is 2.21. The number of carbonyl (C=O) groups is 1. The molecule has 0 saturated carbocycles. The lowest BCUT2D eigenvalue weighted by molar-refractivity contribution is -0.129. The summed E-state index contributed by atoms with van der Waals surface area (Å²) in [6, 6.07) is 8.77. The average molecular weight is 288 g/mol. The normalized spacial score (nSPS) is 22.6. The fourth-order valence-corrected chi connectivity index (χ4v) is 3.25. The molecule has 0 spiro atoms. The Labute approximate surface area is 126 Å². The Balaban J connectivity index is 1.43. The van der Waals surface area contributed by atoms with Crippen LogP contribution in [0.2, 0.25) is 0 Å². The first-order valence-electron chi connectivity index (χ1n) is 8.00. The summed E-state index contributed by atoms with van der Waals surface area (Å²) in [7, 11) is 0. The molecule has 1 aromatic carbocycles. The molecule has 1 unspecified atom stereocenters. The second-order valence-corrected chi connectivity index (χ2v) is 6.04. The van der Waals surface area contributed by atoms with Gasteiger partial charge in [-0.15, -0.1) is 0 Å². The van der Waals surface area contributed by atoms with Crippen molar-refractivity contribution in [2.45, 2.75) is 44.2 Å². The van der Waals surface area contributed by atoms with Crippen molar-refractivity contribution < 1.29 is 9.53 Å². The molecule has 0 bridgehead atoms.